The second-order valence-corrected chi connectivity index (χ2v) is 10.3. The van der Waals surface area contributed by atoms with Gasteiger partial charge in [0.15, 0.2) is 0 Å². The average molecular weight is 344 g/mol. The fraction of sp³-hybridized carbons (Fsp3) is 0.857. The molecule has 0 aromatic carbocycles. The lowest BCUT2D eigenvalue weighted by atomic mass is 9.44. The van der Waals surface area contributed by atoms with E-state index in [-0.39, 0.29) is 10.8 Å². The van der Waals surface area contributed by atoms with E-state index in [4.69, 9.17) is 0 Å². The van der Waals surface area contributed by atoms with E-state index in [1.165, 1.54) is 24.8 Å². The highest BCUT2D eigenvalue weighted by Crippen LogP contribution is 2.68. The lowest BCUT2D eigenvalue weighted by Gasteiger charge is -2.61. The van der Waals surface area contributed by atoms with Gasteiger partial charge in [0.1, 0.15) is 0 Å². The number of hydrogen-bond acceptors (Lipinski definition) is 3. The first kappa shape index (κ1) is 16.3. The normalized spacial score (nSPS) is 54.4. The molecule has 0 bridgehead atoms. The van der Waals surface area contributed by atoms with Crippen molar-refractivity contribution in [3.05, 3.63) is 17.5 Å². The zero-order chi connectivity index (χ0) is 17.6. The number of hydrogen-bond donors (Lipinski definition) is 3. The Morgan fingerprint density at radius 3 is 2.60 bits per heavy atom. The largest absolute Gasteiger partial charge is 0.390 e. The summed E-state index contributed by atoms with van der Waals surface area (Å²) in [4.78, 5) is 0. The number of H-pyrrole nitrogens is 1. The SMILES string of the molecule is C[C@]12Cc3cn[nH]c3C(O)[C@@H]1CC[C@@H]1[C@@H]2CC[C@]2(C)[C@H]1CC[C@]2(C)O. The molecular weight excluding hydrogens is 312 g/mol. The van der Waals surface area contributed by atoms with E-state index in [1.807, 2.05) is 6.20 Å². The van der Waals surface area contributed by atoms with E-state index in [9.17, 15) is 10.2 Å². The summed E-state index contributed by atoms with van der Waals surface area (Å²) in [5.41, 5.74) is 1.91. The van der Waals surface area contributed by atoms with Crippen LogP contribution < -0.4 is 0 Å². The molecule has 3 saturated carbocycles. The summed E-state index contributed by atoms with van der Waals surface area (Å²) in [5, 5.41) is 29.3. The van der Waals surface area contributed by atoms with Gasteiger partial charge in [0.2, 0.25) is 0 Å². The Labute approximate surface area is 150 Å². The van der Waals surface area contributed by atoms with Crippen molar-refractivity contribution in [1.29, 1.82) is 0 Å². The van der Waals surface area contributed by atoms with Crippen molar-refractivity contribution < 1.29 is 10.2 Å². The third-order valence-electron chi connectivity index (χ3n) is 9.50. The molecule has 5 rings (SSSR count). The summed E-state index contributed by atoms with van der Waals surface area (Å²) in [6.07, 6.45) is 9.34. The molecule has 0 saturated heterocycles. The zero-order valence-corrected chi connectivity index (χ0v) is 15.8. The lowest BCUT2D eigenvalue weighted by molar-refractivity contribution is -0.156. The second-order valence-electron chi connectivity index (χ2n) is 10.3. The van der Waals surface area contributed by atoms with Crippen LogP contribution in [0.2, 0.25) is 0 Å². The van der Waals surface area contributed by atoms with E-state index in [0.717, 1.165) is 31.4 Å². The maximum atomic E-state index is 11.0. The van der Waals surface area contributed by atoms with Crippen LogP contribution in [-0.2, 0) is 6.42 Å². The van der Waals surface area contributed by atoms with Crippen molar-refractivity contribution in [2.45, 2.75) is 77.4 Å². The van der Waals surface area contributed by atoms with Gasteiger partial charge in [-0.25, -0.2) is 0 Å². The van der Waals surface area contributed by atoms with E-state index in [1.54, 1.807) is 0 Å². The van der Waals surface area contributed by atoms with Crippen molar-refractivity contribution in [2.75, 3.05) is 0 Å². The molecule has 4 nitrogen and oxygen atoms in total. The van der Waals surface area contributed by atoms with Gasteiger partial charge in [-0.2, -0.15) is 5.10 Å². The molecule has 3 N–H and O–H groups in total. The predicted octanol–water partition coefficient (Wildman–Crippen LogP) is 3.61. The van der Waals surface area contributed by atoms with E-state index >= 15 is 0 Å². The molecule has 1 unspecified atom stereocenters. The van der Waals surface area contributed by atoms with Crippen molar-refractivity contribution in [2.24, 2.45) is 34.5 Å². The minimum absolute atomic E-state index is 0.0748. The molecule has 3 fully saturated rings. The maximum absolute atomic E-state index is 11.0. The highest BCUT2D eigenvalue weighted by molar-refractivity contribution is 5.28. The first-order chi connectivity index (χ1) is 11.8. The Bertz CT molecular complexity index is 698. The molecule has 8 atom stereocenters. The summed E-state index contributed by atoms with van der Waals surface area (Å²) in [7, 11) is 0. The number of fused-ring (bicyclic) bond motifs is 6. The number of nitrogens with one attached hydrogen (secondary N) is 1. The average Bonchev–Trinajstić information content (AvgIpc) is 3.10. The number of aromatic nitrogens is 2. The van der Waals surface area contributed by atoms with Crippen LogP contribution >= 0.6 is 0 Å². The first-order valence-corrected chi connectivity index (χ1v) is 10.2. The Morgan fingerprint density at radius 2 is 1.80 bits per heavy atom. The van der Waals surface area contributed by atoms with Crippen LogP contribution in [0.1, 0.15) is 76.7 Å². The topological polar surface area (TPSA) is 69.1 Å². The van der Waals surface area contributed by atoms with Crippen molar-refractivity contribution in [3.63, 3.8) is 0 Å². The van der Waals surface area contributed by atoms with Gasteiger partial charge in [0, 0.05) is 0 Å². The predicted molar refractivity (Wildman–Crippen MR) is 95.8 cm³/mol. The molecule has 138 valence electrons. The van der Waals surface area contributed by atoms with E-state index in [2.05, 4.69) is 31.0 Å². The quantitative estimate of drug-likeness (QED) is 0.673. The number of aromatic amines is 1. The van der Waals surface area contributed by atoms with Crippen LogP contribution in [0.3, 0.4) is 0 Å². The molecule has 25 heavy (non-hydrogen) atoms. The summed E-state index contributed by atoms with van der Waals surface area (Å²) >= 11 is 0. The fourth-order valence-electron chi connectivity index (χ4n) is 7.84. The zero-order valence-electron chi connectivity index (χ0n) is 15.8. The molecule has 1 aromatic heterocycles. The Hall–Kier alpha value is -0.870. The number of nitrogens with zero attached hydrogens (tertiary/aromatic N) is 1. The van der Waals surface area contributed by atoms with Gasteiger partial charge in [-0.05, 0) is 91.9 Å². The molecule has 0 spiro atoms. The molecule has 1 aromatic rings. The molecular formula is C21H32N2O2. The molecule has 4 heteroatoms. The molecule has 4 aliphatic rings. The third-order valence-corrected chi connectivity index (χ3v) is 9.50. The Balaban J connectivity index is 1.53. The van der Waals surface area contributed by atoms with Gasteiger partial charge in [-0.3, -0.25) is 5.10 Å². The lowest BCUT2D eigenvalue weighted by Crippen LogP contribution is -2.57. The van der Waals surface area contributed by atoms with Crippen LogP contribution in [0.5, 0.6) is 0 Å². The van der Waals surface area contributed by atoms with Crippen LogP contribution in [0.25, 0.3) is 0 Å². The number of aliphatic hydroxyl groups is 2. The molecule has 0 aliphatic heterocycles. The van der Waals surface area contributed by atoms with Crippen LogP contribution in [0.15, 0.2) is 6.20 Å². The van der Waals surface area contributed by atoms with Crippen LogP contribution in [-0.4, -0.2) is 26.0 Å². The molecule has 0 radical (unpaired) electrons. The van der Waals surface area contributed by atoms with E-state index in [0.29, 0.717) is 23.7 Å². The number of aliphatic hydroxyl groups excluding tert-OH is 1. The van der Waals surface area contributed by atoms with Crippen LogP contribution in [0.4, 0.5) is 0 Å². The highest BCUT2D eigenvalue weighted by atomic mass is 16.3. The number of rotatable bonds is 0. The summed E-state index contributed by atoms with van der Waals surface area (Å²) in [6, 6.07) is 0. The van der Waals surface area contributed by atoms with Gasteiger partial charge < -0.3 is 10.2 Å². The standard InChI is InChI=1S/C21H32N2O2/c1-19-10-12-11-22-23-17(12)18(24)16(19)5-4-13-14(19)6-8-20(2)15(13)7-9-21(20,3)25/h11,13-16,18,24-25H,4-10H2,1-3H3,(H,22,23)/t13-,14+,15+,16+,18?,19-,20-,21+/m1/s1. The summed E-state index contributed by atoms with van der Waals surface area (Å²) < 4.78 is 0. The van der Waals surface area contributed by atoms with E-state index < -0.39 is 11.7 Å². The molecule has 1 heterocycles. The van der Waals surface area contributed by atoms with Gasteiger partial charge in [-0.1, -0.05) is 13.8 Å². The van der Waals surface area contributed by atoms with Crippen molar-refractivity contribution in [1.82, 2.24) is 10.2 Å². The Kier molecular flexibility index (Phi) is 3.19. The molecule has 4 aliphatic carbocycles. The maximum Gasteiger partial charge on any atom is 0.0990 e. The first-order valence-electron chi connectivity index (χ1n) is 10.2. The van der Waals surface area contributed by atoms with Crippen molar-refractivity contribution >= 4 is 0 Å². The van der Waals surface area contributed by atoms with Gasteiger partial charge >= 0.3 is 0 Å². The highest BCUT2D eigenvalue weighted by Gasteiger charge is 2.64. The smallest absolute Gasteiger partial charge is 0.0990 e. The second kappa shape index (κ2) is 4.89. The molecule has 0 amide bonds. The van der Waals surface area contributed by atoms with Crippen molar-refractivity contribution in [3.8, 4) is 0 Å². The van der Waals surface area contributed by atoms with Gasteiger partial charge in [0.05, 0.1) is 23.6 Å². The van der Waals surface area contributed by atoms with Gasteiger partial charge in [-0.15, -0.1) is 0 Å². The van der Waals surface area contributed by atoms with Gasteiger partial charge in [0.25, 0.3) is 0 Å². The Morgan fingerprint density at radius 1 is 1.04 bits per heavy atom. The summed E-state index contributed by atoms with van der Waals surface area (Å²) in [6.45, 7) is 6.85. The third kappa shape index (κ3) is 1.88. The van der Waals surface area contributed by atoms with Crippen LogP contribution in [0, 0.1) is 34.5 Å². The minimum Gasteiger partial charge on any atom is -0.390 e. The fourth-order valence-corrected chi connectivity index (χ4v) is 7.84. The summed E-state index contributed by atoms with van der Waals surface area (Å²) in [5.74, 6) is 2.35. The minimum atomic E-state index is -0.510. The monoisotopic (exact) mass is 344 g/mol.